The van der Waals surface area contributed by atoms with Gasteiger partial charge in [0.2, 0.25) is 5.28 Å². The SMILES string of the molecule is Clc1nc(N2CCOCC2)c2sc(C3CCNCC3)cc2n1. The average Bonchev–Trinajstić information content (AvgIpc) is 2.99. The third kappa shape index (κ3) is 2.80. The van der Waals surface area contributed by atoms with Gasteiger partial charge >= 0.3 is 0 Å². The van der Waals surface area contributed by atoms with Crippen LogP contribution in [0.4, 0.5) is 5.82 Å². The summed E-state index contributed by atoms with van der Waals surface area (Å²) in [5.41, 5.74) is 0.986. The van der Waals surface area contributed by atoms with Gasteiger partial charge in [-0.15, -0.1) is 11.3 Å². The van der Waals surface area contributed by atoms with Crippen molar-refractivity contribution in [3.05, 3.63) is 16.2 Å². The molecule has 2 aliphatic rings. The molecule has 5 nitrogen and oxygen atoms in total. The number of rotatable bonds is 2. The number of thiophene rings is 1. The highest BCUT2D eigenvalue weighted by molar-refractivity contribution is 7.19. The van der Waals surface area contributed by atoms with Crippen LogP contribution in [0.1, 0.15) is 23.6 Å². The van der Waals surface area contributed by atoms with Gasteiger partial charge in [0.25, 0.3) is 0 Å². The molecule has 0 aromatic carbocycles. The monoisotopic (exact) mass is 338 g/mol. The zero-order valence-corrected chi connectivity index (χ0v) is 13.9. The molecule has 2 aliphatic heterocycles. The molecule has 0 amide bonds. The Morgan fingerprint density at radius 1 is 1.23 bits per heavy atom. The number of piperidine rings is 1. The molecule has 7 heteroatoms. The van der Waals surface area contributed by atoms with Crippen LogP contribution in [0.5, 0.6) is 0 Å². The third-order valence-corrected chi connectivity index (χ3v) is 5.85. The van der Waals surface area contributed by atoms with Crippen molar-refractivity contribution in [3.8, 4) is 0 Å². The number of nitrogens with one attached hydrogen (secondary N) is 1. The molecule has 22 heavy (non-hydrogen) atoms. The smallest absolute Gasteiger partial charge is 0.224 e. The van der Waals surface area contributed by atoms with E-state index >= 15 is 0 Å². The third-order valence-electron chi connectivity index (χ3n) is 4.40. The van der Waals surface area contributed by atoms with Crippen LogP contribution in [0.25, 0.3) is 10.2 Å². The van der Waals surface area contributed by atoms with Crippen LogP contribution in [0, 0.1) is 0 Å². The highest BCUT2D eigenvalue weighted by atomic mass is 35.5. The molecule has 0 atom stereocenters. The number of nitrogens with zero attached hydrogens (tertiary/aromatic N) is 3. The first kappa shape index (κ1) is 14.6. The van der Waals surface area contributed by atoms with Crippen LogP contribution in [-0.4, -0.2) is 49.4 Å². The molecule has 0 radical (unpaired) electrons. The maximum atomic E-state index is 6.15. The van der Waals surface area contributed by atoms with Crippen molar-refractivity contribution in [3.63, 3.8) is 0 Å². The predicted octanol–water partition coefficient (Wildman–Crippen LogP) is 2.65. The van der Waals surface area contributed by atoms with Crippen molar-refractivity contribution in [2.24, 2.45) is 0 Å². The van der Waals surface area contributed by atoms with Crippen LogP contribution in [0.2, 0.25) is 5.28 Å². The van der Waals surface area contributed by atoms with Crippen LogP contribution in [0.15, 0.2) is 6.07 Å². The zero-order chi connectivity index (χ0) is 14.9. The van der Waals surface area contributed by atoms with Gasteiger partial charge in [-0.25, -0.2) is 4.98 Å². The summed E-state index contributed by atoms with van der Waals surface area (Å²) in [6.07, 6.45) is 2.39. The van der Waals surface area contributed by atoms with Crippen molar-refractivity contribution in [2.75, 3.05) is 44.3 Å². The first-order valence-corrected chi connectivity index (χ1v) is 9.01. The lowest BCUT2D eigenvalue weighted by atomic mass is 9.96. The molecule has 0 aliphatic carbocycles. The van der Waals surface area contributed by atoms with Crippen LogP contribution < -0.4 is 10.2 Å². The van der Waals surface area contributed by atoms with Gasteiger partial charge in [-0.2, -0.15) is 4.98 Å². The maximum absolute atomic E-state index is 6.15. The van der Waals surface area contributed by atoms with E-state index in [9.17, 15) is 0 Å². The lowest BCUT2D eigenvalue weighted by Crippen LogP contribution is -2.36. The van der Waals surface area contributed by atoms with Gasteiger partial charge in [0.15, 0.2) is 5.82 Å². The van der Waals surface area contributed by atoms with Gasteiger partial charge < -0.3 is 15.0 Å². The quantitative estimate of drug-likeness (QED) is 0.853. The highest BCUT2D eigenvalue weighted by Gasteiger charge is 2.22. The van der Waals surface area contributed by atoms with Crippen molar-refractivity contribution in [2.45, 2.75) is 18.8 Å². The first-order chi connectivity index (χ1) is 10.8. The summed E-state index contributed by atoms with van der Waals surface area (Å²) in [6.45, 7) is 5.42. The minimum absolute atomic E-state index is 0.337. The van der Waals surface area contributed by atoms with Crippen LogP contribution in [0.3, 0.4) is 0 Å². The van der Waals surface area contributed by atoms with Gasteiger partial charge in [0.1, 0.15) is 0 Å². The molecular formula is C15H19ClN4OS. The van der Waals surface area contributed by atoms with Gasteiger partial charge in [0, 0.05) is 18.0 Å². The second kappa shape index (κ2) is 6.28. The molecule has 0 spiro atoms. The first-order valence-electron chi connectivity index (χ1n) is 7.81. The molecule has 2 fully saturated rings. The molecule has 4 heterocycles. The number of aromatic nitrogens is 2. The van der Waals surface area contributed by atoms with Gasteiger partial charge in [-0.3, -0.25) is 0 Å². The van der Waals surface area contributed by atoms with Crippen LogP contribution >= 0.6 is 22.9 Å². The van der Waals surface area contributed by atoms with E-state index in [1.54, 1.807) is 0 Å². The number of hydrogen-bond acceptors (Lipinski definition) is 6. The molecule has 2 aromatic rings. The van der Waals surface area contributed by atoms with E-state index in [1.165, 1.54) is 22.4 Å². The molecule has 118 valence electrons. The summed E-state index contributed by atoms with van der Waals surface area (Å²) < 4.78 is 6.61. The number of morpholine rings is 1. The van der Waals surface area contributed by atoms with Crippen molar-refractivity contribution in [1.82, 2.24) is 15.3 Å². The molecule has 0 saturated carbocycles. The second-order valence-corrected chi connectivity index (χ2v) is 7.22. The Balaban J connectivity index is 1.73. The summed E-state index contributed by atoms with van der Waals surface area (Å²) in [7, 11) is 0. The number of anilines is 1. The largest absolute Gasteiger partial charge is 0.378 e. The highest BCUT2D eigenvalue weighted by Crippen LogP contribution is 2.38. The minimum atomic E-state index is 0.337. The van der Waals surface area contributed by atoms with E-state index in [4.69, 9.17) is 16.3 Å². The fourth-order valence-corrected chi connectivity index (χ4v) is 4.66. The van der Waals surface area contributed by atoms with E-state index < -0.39 is 0 Å². The van der Waals surface area contributed by atoms with Crippen LogP contribution in [-0.2, 0) is 4.74 Å². The van der Waals surface area contributed by atoms with E-state index in [0.717, 1.165) is 50.7 Å². The Morgan fingerprint density at radius 2 is 2.00 bits per heavy atom. The number of hydrogen-bond donors (Lipinski definition) is 1. The van der Waals surface area contributed by atoms with Gasteiger partial charge in [-0.05, 0) is 49.5 Å². The Bertz CT molecular complexity index is 665. The Morgan fingerprint density at radius 3 is 2.77 bits per heavy atom. The lowest BCUT2D eigenvalue weighted by Gasteiger charge is -2.28. The second-order valence-electron chi connectivity index (χ2n) is 5.80. The molecule has 0 bridgehead atoms. The number of ether oxygens (including phenoxy) is 1. The summed E-state index contributed by atoms with van der Waals surface area (Å²) in [5.74, 6) is 1.61. The van der Waals surface area contributed by atoms with E-state index in [0.29, 0.717) is 11.2 Å². The standard InChI is InChI=1S/C15H19ClN4OS/c16-15-18-11-9-12(10-1-3-17-4-2-10)22-13(11)14(19-15)20-5-7-21-8-6-20/h9-10,17H,1-8H2. The molecule has 2 saturated heterocycles. The van der Waals surface area contributed by atoms with Crippen molar-refractivity contribution < 1.29 is 4.74 Å². The molecule has 1 N–H and O–H groups in total. The summed E-state index contributed by atoms with van der Waals surface area (Å²) in [6, 6.07) is 2.22. The van der Waals surface area contributed by atoms with Crippen molar-refractivity contribution >= 4 is 39.0 Å². The zero-order valence-electron chi connectivity index (χ0n) is 12.3. The number of fused-ring (bicyclic) bond motifs is 1. The van der Waals surface area contributed by atoms with E-state index in [-0.39, 0.29) is 0 Å². The average molecular weight is 339 g/mol. The topological polar surface area (TPSA) is 50.3 Å². The van der Waals surface area contributed by atoms with E-state index in [1.807, 2.05) is 11.3 Å². The molecule has 2 aromatic heterocycles. The Labute approximate surface area is 138 Å². The fraction of sp³-hybridized carbons (Fsp3) is 0.600. The Hall–Kier alpha value is -0.950. The minimum Gasteiger partial charge on any atom is -0.378 e. The summed E-state index contributed by atoms with van der Waals surface area (Å²) in [4.78, 5) is 12.6. The van der Waals surface area contributed by atoms with Gasteiger partial charge in [-0.1, -0.05) is 0 Å². The van der Waals surface area contributed by atoms with E-state index in [2.05, 4.69) is 26.3 Å². The van der Waals surface area contributed by atoms with Crippen molar-refractivity contribution in [1.29, 1.82) is 0 Å². The lowest BCUT2D eigenvalue weighted by molar-refractivity contribution is 0.122. The summed E-state index contributed by atoms with van der Waals surface area (Å²) in [5, 5.41) is 3.76. The summed E-state index contributed by atoms with van der Waals surface area (Å²) >= 11 is 7.99. The van der Waals surface area contributed by atoms with Gasteiger partial charge in [0.05, 0.1) is 23.4 Å². The normalized spacial score (nSPS) is 20.7. The molecule has 0 unspecified atom stereocenters. The Kier molecular flexibility index (Phi) is 4.17. The molecular weight excluding hydrogens is 320 g/mol. The fourth-order valence-electron chi connectivity index (χ4n) is 3.20. The number of halogens is 1. The maximum Gasteiger partial charge on any atom is 0.224 e. The molecule has 4 rings (SSSR count). The predicted molar refractivity (Wildman–Crippen MR) is 90.3 cm³/mol.